The van der Waals surface area contributed by atoms with Crippen LogP contribution in [0.25, 0.3) is 0 Å². The number of nitrogens with zero attached hydrogens (tertiary/aromatic N) is 1. The van der Waals surface area contributed by atoms with Crippen molar-refractivity contribution in [2.75, 3.05) is 0 Å². The van der Waals surface area contributed by atoms with Crippen molar-refractivity contribution in [1.29, 1.82) is 0 Å². The average Bonchev–Trinajstić information content (AvgIpc) is 2.47. The standard InChI is InChI=1S/C20H31NO4Si/c1-19(2,3)24-18(23)21-15(14-12-10-9-11-13-14)16(17(21)22)25-26(7,8)20(4,5)6/h9-13,15-16H,1-8H3/t15-,16+/m0/s1. The predicted molar refractivity (Wildman–Crippen MR) is 104 cm³/mol. The highest BCUT2D eigenvalue weighted by atomic mass is 28.4. The topological polar surface area (TPSA) is 55.8 Å². The Morgan fingerprint density at radius 2 is 1.58 bits per heavy atom. The van der Waals surface area contributed by atoms with Crippen molar-refractivity contribution in [2.24, 2.45) is 0 Å². The third kappa shape index (κ3) is 4.18. The Labute approximate surface area is 157 Å². The molecule has 0 unspecified atom stereocenters. The number of hydrogen-bond donors (Lipinski definition) is 0. The van der Waals surface area contributed by atoms with Gasteiger partial charge in [0.25, 0.3) is 5.91 Å². The largest absolute Gasteiger partial charge is 0.443 e. The number of imide groups is 1. The second-order valence-corrected chi connectivity index (χ2v) is 14.1. The molecule has 26 heavy (non-hydrogen) atoms. The van der Waals surface area contributed by atoms with Crippen LogP contribution in [0.15, 0.2) is 30.3 Å². The smallest absolute Gasteiger partial charge is 0.417 e. The molecule has 5 nitrogen and oxygen atoms in total. The Morgan fingerprint density at radius 3 is 2.04 bits per heavy atom. The lowest BCUT2D eigenvalue weighted by molar-refractivity contribution is -0.162. The van der Waals surface area contributed by atoms with E-state index in [2.05, 4.69) is 33.9 Å². The van der Waals surface area contributed by atoms with Crippen LogP contribution < -0.4 is 0 Å². The van der Waals surface area contributed by atoms with Crippen LogP contribution in [0.1, 0.15) is 53.1 Å². The Balaban J connectivity index is 2.32. The zero-order valence-electron chi connectivity index (χ0n) is 17.1. The summed E-state index contributed by atoms with van der Waals surface area (Å²) in [5, 5.41) is -0.0269. The summed E-state index contributed by atoms with van der Waals surface area (Å²) in [5.74, 6) is -0.321. The molecule has 1 heterocycles. The lowest BCUT2D eigenvalue weighted by Crippen LogP contribution is -2.65. The summed E-state index contributed by atoms with van der Waals surface area (Å²) in [6.07, 6.45) is -1.27. The molecule has 1 aromatic carbocycles. The lowest BCUT2D eigenvalue weighted by atomic mass is 9.91. The van der Waals surface area contributed by atoms with Gasteiger partial charge in [-0.3, -0.25) is 4.79 Å². The zero-order valence-corrected chi connectivity index (χ0v) is 18.1. The molecular formula is C20H31NO4Si. The van der Waals surface area contributed by atoms with Gasteiger partial charge in [0, 0.05) is 0 Å². The molecule has 0 radical (unpaired) electrons. The monoisotopic (exact) mass is 377 g/mol. The van der Waals surface area contributed by atoms with Crippen LogP contribution in [0.3, 0.4) is 0 Å². The van der Waals surface area contributed by atoms with Gasteiger partial charge >= 0.3 is 6.09 Å². The van der Waals surface area contributed by atoms with Crippen LogP contribution in [0.4, 0.5) is 4.79 Å². The minimum Gasteiger partial charge on any atom is -0.443 e. The molecule has 0 N–H and O–H groups in total. The van der Waals surface area contributed by atoms with E-state index < -0.39 is 32.2 Å². The zero-order chi connectivity index (χ0) is 19.9. The van der Waals surface area contributed by atoms with Gasteiger partial charge < -0.3 is 9.16 Å². The first-order valence-electron chi connectivity index (χ1n) is 9.03. The molecule has 0 aromatic heterocycles. The van der Waals surface area contributed by atoms with Gasteiger partial charge in [0.15, 0.2) is 14.4 Å². The number of carbonyl (C=O) groups excluding carboxylic acids is 2. The normalized spacial score (nSPS) is 21.4. The Bertz CT molecular complexity index is 673. The van der Waals surface area contributed by atoms with E-state index in [0.29, 0.717) is 0 Å². The number of β-lactam (4-membered cyclic amide) rings is 1. The second-order valence-electron chi connectivity index (χ2n) is 9.34. The Hall–Kier alpha value is -1.66. The Kier molecular flexibility index (Phi) is 5.41. The van der Waals surface area contributed by atoms with Crippen LogP contribution in [-0.2, 0) is 14.0 Å². The molecule has 0 bridgehead atoms. The van der Waals surface area contributed by atoms with E-state index in [4.69, 9.17) is 9.16 Å². The molecule has 144 valence electrons. The second kappa shape index (κ2) is 6.81. The number of hydrogen-bond acceptors (Lipinski definition) is 4. The first-order chi connectivity index (χ1) is 11.7. The van der Waals surface area contributed by atoms with Crippen LogP contribution in [0.2, 0.25) is 18.1 Å². The van der Waals surface area contributed by atoms with Crippen LogP contribution in [0.5, 0.6) is 0 Å². The minimum atomic E-state index is -2.17. The molecule has 0 saturated carbocycles. The summed E-state index contributed by atoms with van der Waals surface area (Å²) in [6.45, 7) is 16.0. The maximum Gasteiger partial charge on any atom is 0.417 e. The quantitative estimate of drug-likeness (QED) is 0.555. The summed E-state index contributed by atoms with van der Waals surface area (Å²) >= 11 is 0. The summed E-state index contributed by atoms with van der Waals surface area (Å²) in [6, 6.07) is 9.08. The molecule has 2 amide bonds. The van der Waals surface area contributed by atoms with E-state index in [1.165, 1.54) is 4.90 Å². The van der Waals surface area contributed by atoms with E-state index in [-0.39, 0.29) is 10.9 Å². The van der Waals surface area contributed by atoms with Gasteiger partial charge in [-0.1, -0.05) is 51.1 Å². The molecule has 2 rings (SSSR count). The van der Waals surface area contributed by atoms with Gasteiger partial charge in [0.2, 0.25) is 0 Å². The number of likely N-dealkylation sites (tertiary alicyclic amines) is 1. The molecule has 1 fully saturated rings. The van der Waals surface area contributed by atoms with Crippen molar-refractivity contribution in [2.45, 2.75) is 77.4 Å². The van der Waals surface area contributed by atoms with Crippen LogP contribution in [-0.4, -0.2) is 36.9 Å². The van der Waals surface area contributed by atoms with Gasteiger partial charge in [-0.2, -0.15) is 0 Å². The van der Waals surface area contributed by atoms with Crippen molar-refractivity contribution in [3.63, 3.8) is 0 Å². The molecule has 0 spiro atoms. The number of rotatable bonds is 3. The van der Waals surface area contributed by atoms with Crippen molar-refractivity contribution in [3.05, 3.63) is 35.9 Å². The highest BCUT2D eigenvalue weighted by molar-refractivity contribution is 6.74. The van der Waals surface area contributed by atoms with Gasteiger partial charge in [-0.25, -0.2) is 9.69 Å². The van der Waals surface area contributed by atoms with Crippen LogP contribution >= 0.6 is 0 Å². The fourth-order valence-electron chi connectivity index (χ4n) is 2.56. The van der Waals surface area contributed by atoms with Crippen molar-refractivity contribution in [1.82, 2.24) is 4.90 Å². The minimum absolute atomic E-state index is 0.0269. The highest BCUT2D eigenvalue weighted by Crippen LogP contribution is 2.44. The number of amides is 2. The molecule has 1 aromatic rings. The SMILES string of the molecule is CC(C)(C)OC(=O)N1C(=O)[C@H](O[Si](C)(C)C(C)(C)C)[C@@H]1c1ccccc1. The highest BCUT2D eigenvalue weighted by Gasteiger charge is 2.56. The van der Waals surface area contributed by atoms with E-state index in [1.54, 1.807) is 20.8 Å². The summed E-state index contributed by atoms with van der Waals surface area (Å²) in [5.41, 5.74) is 0.214. The molecule has 0 aliphatic carbocycles. The average molecular weight is 378 g/mol. The van der Waals surface area contributed by atoms with E-state index >= 15 is 0 Å². The fraction of sp³-hybridized carbons (Fsp3) is 0.600. The van der Waals surface area contributed by atoms with Gasteiger partial charge in [0.05, 0.1) is 0 Å². The lowest BCUT2D eigenvalue weighted by Gasteiger charge is -2.49. The number of carbonyl (C=O) groups is 2. The third-order valence-corrected chi connectivity index (χ3v) is 9.46. The molecule has 1 aliphatic heterocycles. The van der Waals surface area contributed by atoms with E-state index in [1.807, 2.05) is 30.3 Å². The predicted octanol–water partition coefficient (Wildman–Crippen LogP) is 4.90. The third-order valence-electron chi connectivity index (χ3n) is 5.00. The first kappa shape index (κ1) is 20.6. The van der Waals surface area contributed by atoms with Gasteiger partial charge in [0.1, 0.15) is 11.6 Å². The summed E-state index contributed by atoms with van der Waals surface area (Å²) < 4.78 is 11.8. The first-order valence-corrected chi connectivity index (χ1v) is 11.9. The maximum absolute atomic E-state index is 12.8. The molecule has 1 aliphatic rings. The molecular weight excluding hydrogens is 346 g/mol. The summed E-state index contributed by atoms with van der Waals surface area (Å²) in [7, 11) is -2.17. The van der Waals surface area contributed by atoms with Crippen LogP contribution in [0, 0.1) is 0 Å². The van der Waals surface area contributed by atoms with E-state index in [9.17, 15) is 9.59 Å². The molecule has 1 saturated heterocycles. The number of ether oxygens (including phenoxy) is 1. The van der Waals surface area contributed by atoms with Gasteiger partial charge in [-0.15, -0.1) is 0 Å². The van der Waals surface area contributed by atoms with E-state index in [0.717, 1.165) is 5.56 Å². The Morgan fingerprint density at radius 1 is 1.04 bits per heavy atom. The van der Waals surface area contributed by atoms with Gasteiger partial charge in [-0.05, 0) is 44.5 Å². The molecule has 6 heteroatoms. The summed E-state index contributed by atoms with van der Waals surface area (Å²) in [4.78, 5) is 26.6. The van der Waals surface area contributed by atoms with Crippen molar-refractivity contribution >= 4 is 20.3 Å². The van der Waals surface area contributed by atoms with Crippen molar-refractivity contribution < 1.29 is 18.8 Å². The van der Waals surface area contributed by atoms with Crippen molar-refractivity contribution in [3.8, 4) is 0 Å². The maximum atomic E-state index is 12.8. The molecule has 2 atom stereocenters. The fourth-order valence-corrected chi connectivity index (χ4v) is 3.78. The number of benzene rings is 1.